The van der Waals surface area contributed by atoms with E-state index in [0.29, 0.717) is 5.41 Å². The summed E-state index contributed by atoms with van der Waals surface area (Å²) in [6.07, 6.45) is 3.23. The number of hydrogen-bond acceptors (Lipinski definition) is 3. The second kappa shape index (κ2) is 4.22. The maximum absolute atomic E-state index is 5.62. The van der Waals surface area contributed by atoms with Crippen molar-refractivity contribution in [1.82, 2.24) is 14.7 Å². The Morgan fingerprint density at radius 2 is 1.47 bits per heavy atom. The Bertz CT molecular complexity index is 232. The van der Waals surface area contributed by atoms with Crippen LogP contribution in [-0.2, 0) is 0 Å². The largest absolute Gasteiger partial charge is 1.00 e. The molecule has 3 nitrogen and oxygen atoms in total. The third-order valence-corrected chi connectivity index (χ3v) is 3.70. The molecule has 0 aromatic heterocycles. The summed E-state index contributed by atoms with van der Waals surface area (Å²) in [4.78, 5) is 7.62. The van der Waals surface area contributed by atoms with Gasteiger partial charge in [-0.3, -0.25) is 14.7 Å². The first-order valence-corrected chi connectivity index (χ1v) is 5.66. The molecule has 4 bridgehead atoms. The molecule has 86 valence electrons. The molecule has 5 heteroatoms. The van der Waals surface area contributed by atoms with Crippen molar-refractivity contribution in [3.8, 4) is 0 Å². The molecule has 4 aliphatic heterocycles. The van der Waals surface area contributed by atoms with Crippen molar-refractivity contribution in [2.24, 2.45) is 5.41 Å². The Labute approximate surface area is 102 Å². The summed E-state index contributed by atoms with van der Waals surface area (Å²) in [6.45, 7) is 7.26. The Morgan fingerprint density at radius 3 is 1.87 bits per heavy atom. The average molecular weight is 249 g/mol. The fraction of sp³-hybridized carbons (Fsp3) is 0.800. The molecule has 4 fully saturated rings. The highest BCUT2D eigenvalue weighted by Gasteiger charge is 2.47. The molecule has 4 aliphatic rings. The third-order valence-electron chi connectivity index (χ3n) is 3.52. The van der Waals surface area contributed by atoms with E-state index < -0.39 is 0 Å². The van der Waals surface area contributed by atoms with Gasteiger partial charge in [0.1, 0.15) is 0 Å². The second-order valence-electron chi connectivity index (χ2n) is 4.98. The molecule has 0 aromatic carbocycles. The van der Waals surface area contributed by atoms with Crippen molar-refractivity contribution in [3.63, 3.8) is 0 Å². The van der Waals surface area contributed by atoms with Gasteiger partial charge in [-0.1, -0.05) is 17.7 Å². The van der Waals surface area contributed by atoms with Gasteiger partial charge in [0, 0.05) is 30.6 Å². The van der Waals surface area contributed by atoms with Crippen molar-refractivity contribution in [2.45, 2.75) is 6.42 Å². The molecule has 0 aliphatic carbocycles. The smallest absolute Gasteiger partial charge is 0.0530 e. The molecule has 0 atom stereocenters. The van der Waals surface area contributed by atoms with Crippen molar-refractivity contribution < 1.29 is 12.4 Å². The molecule has 0 amide bonds. The lowest BCUT2D eigenvalue weighted by molar-refractivity contribution is -0.171. The lowest BCUT2D eigenvalue weighted by atomic mass is 9.78. The highest BCUT2D eigenvalue weighted by molar-refractivity contribution is 6.25. The van der Waals surface area contributed by atoms with Crippen molar-refractivity contribution in [3.05, 3.63) is 11.6 Å². The fourth-order valence-electron chi connectivity index (χ4n) is 3.34. The Hall–Kier alpha value is 0.200. The normalized spacial score (nSPS) is 47.1. The van der Waals surface area contributed by atoms with Gasteiger partial charge in [-0.15, -0.1) is 0 Å². The molecule has 0 unspecified atom stereocenters. The maximum Gasteiger partial charge on any atom is 0.0530 e. The number of nitrogens with zero attached hydrogens (tertiary/aromatic N) is 3. The predicted octanol–water partition coefficient (Wildman–Crippen LogP) is -2.06. The van der Waals surface area contributed by atoms with E-state index in [9.17, 15) is 0 Å². The van der Waals surface area contributed by atoms with E-state index in [4.69, 9.17) is 11.6 Å². The van der Waals surface area contributed by atoms with Crippen molar-refractivity contribution in [2.75, 3.05) is 39.6 Å². The second-order valence-corrected chi connectivity index (χ2v) is 5.23. The summed E-state index contributed by atoms with van der Waals surface area (Å²) >= 11 is 5.62. The van der Waals surface area contributed by atoms with E-state index in [2.05, 4.69) is 20.8 Å². The molecule has 4 heterocycles. The molecule has 0 spiro atoms. The minimum atomic E-state index is 0. The van der Waals surface area contributed by atoms with Gasteiger partial charge < -0.3 is 12.4 Å². The van der Waals surface area contributed by atoms with E-state index >= 15 is 0 Å². The number of hydrogen-bond donors (Lipinski definition) is 0. The van der Waals surface area contributed by atoms with Crippen LogP contribution in [-0.4, -0.2) is 54.3 Å². The quantitative estimate of drug-likeness (QED) is 0.557. The van der Waals surface area contributed by atoms with Crippen LogP contribution in [0.5, 0.6) is 0 Å². The molecular formula is C10H16Cl2N3-. The van der Waals surface area contributed by atoms with E-state index in [1.807, 2.05) is 0 Å². The maximum atomic E-state index is 5.62. The SMILES string of the molecule is Cl/C=C/CC12CN3CN(CN(C3)C1)C2.[Cl-]. The van der Waals surface area contributed by atoms with Gasteiger partial charge in [0.05, 0.1) is 20.0 Å². The highest BCUT2D eigenvalue weighted by Crippen LogP contribution is 2.38. The lowest BCUT2D eigenvalue weighted by Gasteiger charge is -2.60. The van der Waals surface area contributed by atoms with E-state index in [-0.39, 0.29) is 12.4 Å². The summed E-state index contributed by atoms with van der Waals surface area (Å²) in [6, 6.07) is 0. The van der Waals surface area contributed by atoms with Gasteiger partial charge in [0.15, 0.2) is 0 Å². The molecule has 0 radical (unpaired) electrons. The number of allylic oxidation sites excluding steroid dienone is 1. The molecule has 0 saturated carbocycles. The predicted molar refractivity (Wildman–Crippen MR) is 56.8 cm³/mol. The van der Waals surface area contributed by atoms with Crippen molar-refractivity contribution >= 4 is 11.6 Å². The first-order valence-electron chi connectivity index (χ1n) is 5.22. The van der Waals surface area contributed by atoms with Crippen LogP contribution in [0.4, 0.5) is 0 Å². The fourth-order valence-corrected chi connectivity index (χ4v) is 3.43. The molecule has 0 aromatic rings. The Kier molecular flexibility index (Phi) is 3.29. The molecule has 15 heavy (non-hydrogen) atoms. The van der Waals surface area contributed by atoms with Crippen molar-refractivity contribution in [1.29, 1.82) is 0 Å². The number of halogens is 2. The monoisotopic (exact) mass is 248 g/mol. The van der Waals surface area contributed by atoms with Gasteiger partial charge in [-0.05, 0) is 6.42 Å². The van der Waals surface area contributed by atoms with E-state index in [1.54, 1.807) is 5.54 Å². The van der Waals surface area contributed by atoms with E-state index in [0.717, 1.165) is 6.42 Å². The highest BCUT2D eigenvalue weighted by atomic mass is 35.5. The average Bonchev–Trinajstić information content (AvgIpc) is 2.12. The van der Waals surface area contributed by atoms with Gasteiger partial charge >= 0.3 is 0 Å². The Morgan fingerprint density at radius 1 is 1.00 bits per heavy atom. The Balaban J connectivity index is 0.000000853. The van der Waals surface area contributed by atoms with E-state index in [1.165, 1.54) is 39.6 Å². The summed E-state index contributed by atoms with van der Waals surface area (Å²) in [5.74, 6) is 0. The van der Waals surface area contributed by atoms with Gasteiger partial charge in [0.2, 0.25) is 0 Å². The topological polar surface area (TPSA) is 9.72 Å². The zero-order valence-electron chi connectivity index (χ0n) is 8.70. The summed E-state index contributed by atoms with van der Waals surface area (Å²) in [5.41, 5.74) is 2.12. The molecule has 0 N–H and O–H groups in total. The summed E-state index contributed by atoms with van der Waals surface area (Å²) in [7, 11) is 0. The lowest BCUT2D eigenvalue weighted by Crippen LogP contribution is -3.00. The first kappa shape index (κ1) is 11.7. The van der Waals surface area contributed by atoms with Crippen LogP contribution in [0.3, 0.4) is 0 Å². The van der Waals surface area contributed by atoms with Crippen LogP contribution in [0.2, 0.25) is 0 Å². The van der Waals surface area contributed by atoms with Gasteiger partial charge in [0.25, 0.3) is 0 Å². The van der Waals surface area contributed by atoms with Gasteiger partial charge in [-0.2, -0.15) is 0 Å². The van der Waals surface area contributed by atoms with Crippen LogP contribution in [0.1, 0.15) is 6.42 Å². The number of rotatable bonds is 2. The standard InChI is InChI=1S/C10H16ClN3.ClH/c11-3-1-2-10-4-12-7-13(5-10)9-14(6-10)8-12;/h1,3H,2,4-9H2;1H/p-1/b3-1+;. The first-order chi connectivity index (χ1) is 6.80. The third kappa shape index (κ3) is 2.04. The minimum Gasteiger partial charge on any atom is -1.00 e. The molecule has 4 rings (SSSR count). The van der Waals surface area contributed by atoms with Crippen LogP contribution >= 0.6 is 11.6 Å². The van der Waals surface area contributed by atoms with Gasteiger partial charge in [-0.25, -0.2) is 0 Å². The summed E-state index contributed by atoms with van der Waals surface area (Å²) in [5, 5.41) is 0. The van der Waals surface area contributed by atoms with Crippen LogP contribution < -0.4 is 12.4 Å². The van der Waals surface area contributed by atoms with Crippen LogP contribution in [0.25, 0.3) is 0 Å². The minimum absolute atomic E-state index is 0. The van der Waals surface area contributed by atoms with Crippen LogP contribution in [0.15, 0.2) is 11.6 Å². The zero-order chi connectivity index (χ0) is 9.60. The van der Waals surface area contributed by atoms with Crippen LogP contribution in [0, 0.1) is 5.41 Å². The molecule has 4 saturated heterocycles. The molecular weight excluding hydrogens is 233 g/mol. The zero-order valence-corrected chi connectivity index (χ0v) is 10.2. The summed E-state index contributed by atoms with van der Waals surface area (Å²) < 4.78 is 0.